The van der Waals surface area contributed by atoms with Crippen molar-refractivity contribution in [1.29, 1.82) is 0 Å². The number of hydrogen-bond donors (Lipinski definition) is 0. The third kappa shape index (κ3) is 1.20. The number of carbonyl (C=O) groups is 1. The average molecular weight is 175 g/mol. The van der Waals surface area contributed by atoms with Gasteiger partial charge in [-0.3, -0.25) is 4.79 Å². The molecule has 4 heteroatoms. The van der Waals surface area contributed by atoms with Gasteiger partial charge in [0.2, 0.25) is 0 Å². The summed E-state index contributed by atoms with van der Waals surface area (Å²) in [4.78, 5) is 10.5. The number of carbonyl (C=O) groups excluding carboxylic acids is 1. The molecule has 1 aromatic carbocycles. The van der Waals surface area contributed by atoms with E-state index < -0.39 is 0 Å². The minimum Gasteiger partial charge on any atom is -0.298 e. The normalized spacial score (nSPS) is 10.5. The minimum absolute atomic E-state index is 0.657. The summed E-state index contributed by atoms with van der Waals surface area (Å²) in [5, 5.41) is 7.90. The highest BCUT2D eigenvalue weighted by atomic mass is 16.1. The van der Waals surface area contributed by atoms with Crippen LogP contribution < -0.4 is 0 Å². The zero-order valence-electron chi connectivity index (χ0n) is 7.27. The Kier molecular flexibility index (Phi) is 1.81. The molecule has 2 rings (SSSR count). The average Bonchev–Trinajstić information content (AvgIpc) is 2.59. The number of fused-ring (bicyclic) bond motifs is 1. The quantitative estimate of drug-likeness (QED) is 0.645. The molecule has 1 aromatic heterocycles. The molecule has 0 aliphatic heterocycles. The topological polar surface area (TPSA) is 47.8 Å². The Labute approximate surface area is 75.2 Å². The summed E-state index contributed by atoms with van der Waals surface area (Å²) in [6.45, 7) is 2.75. The van der Waals surface area contributed by atoms with E-state index in [1.165, 1.54) is 0 Å². The van der Waals surface area contributed by atoms with Crippen LogP contribution in [0.2, 0.25) is 0 Å². The molecule has 13 heavy (non-hydrogen) atoms. The summed E-state index contributed by atoms with van der Waals surface area (Å²) in [7, 11) is 0. The van der Waals surface area contributed by atoms with Crippen LogP contribution in [0.3, 0.4) is 0 Å². The number of aldehydes is 1. The van der Waals surface area contributed by atoms with Crippen LogP contribution in [0, 0.1) is 0 Å². The maximum Gasteiger partial charge on any atom is 0.150 e. The molecule has 0 unspecified atom stereocenters. The van der Waals surface area contributed by atoms with Crippen LogP contribution in [-0.2, 0) is 6.54 Å². The molecule has 0 saturated heterocycles. The van der Waals surface area contributed by atoms with E-state index in [1.54, 1.807) is 22.9 Å². The number of benzene rings is 1. The molecule has 0 radical (unpaired) electrons. The van der Waals surface area contributed by atoms with Gasteiger partial charge in [0.05, 0.1) is 5.52 Å². The molecule has 1 heterocycles. The minimum atomic E-state index is 0.657. The van der Waals surface area contributed by atoms with Crippen LogP contribution in [0.25, 0.3) is 11.0 Å². The molecular weight excluding hydrogens is 166 g/mol. The third-order valence-corrected chi connectivity index (χ3v) is 1.97. The molecule has 4 nitrogen and oxygen atoms in total. The van der Waals surface area contributed by atoms with Crippen LogP contribution >= 0.6 is 0 Å². The Hall–Kier alpha value is -1.71. The summed E-state index contributed by atoms with van der Waals surface area (Å²) in [5.41, 5.74) is 2.39. The number of aromatic nitrogens is 3. The van der Waals surface area contributed by atoms with Gasteiger partial charge >= 0.3 is 0 Å². The van der Waals surface area contributed by atoms with E-state index in [-0.39, 0.29) is 0 Å². The lowest BCUT2D eigenvalue weighted by Gasteiger charge is -1.95. The van der Waals surface area contributed by atoms with Crippen molar-refractivity contribution in [2.45, 2.75) is 13.5 Å². The Morgan fingerprint density at radius 2 is 2.38 bits per heavy atom. The fraction of sp³-hybridized carbons (Fsp3) is 0.222. The highest BCUT2D eigenvalue weighted by molar-refractivity contribution is 5.84. The molecule has 0 amide bonds. The van der Waals surface area contributed by atoms with E-state index in [0.29, 0.717) is 5.56 Å². The van der Waals surface area contributed by atoms with Gasteiger partial charge in [-0.05, 0) is 25.1 Å². The lowest BCUT2D eigenvalue weighted by molar-refractivity contribution is 0.112. The first-order valence-corrected chi connectivity index (χ1v) is 4.13. The first-order chi connectivity index (χ1) is 6.35. The zero-order valence-corrected chi connectivity index (χ0v) is 7.27. The largest absolute Gasteiger partial charge is 0.298 e. The molecule has 0 aliphatic carbocycles. The molecule has 0 bridgehead atoms. The van der Waals surface area contributed by atoms with E-state index in [4.69, 9.17) is 0 Å². The summed E-state index contributed by atoms with van der Waals surface area (Å²) >= 11 is 0. The van der Waals surface area contributed by atoms with E-state index in [1.807, 2.05) is 6.92 Å². The zero-order chi connectivity index (χ0) is 9.26. The molecule has 66 valence electrons. The van der Waals surface area contributed by atoms with Crippen LogP contribution in [0.4, 0.5) is 0 Å². The lowest BCUT2D eigenvalue weighted by Crippen LogP contribution is -1.96. The molecule has 0 fully saturated rings. The van der Waals surface area contributed by atoms with E-state index >= 15 is 0 Å². The van der Waals surface area contributed by atoms with Gasteiger partial charge < -0.3 is 0 Å². The maximum atomic E-state index is 10.5. The van der Waals surface area contributed by atoms with Gasteiger partial charge in [0.15, 0.2) is 0 Å². The molecule has 0 aliphatic rings. The van der Waals surface area contributed by atoms with Crippen molar-refractivity contribution in [3.05, 3.63) is 23.8 Å². The van der Waals surface area contributed by atoms with Crippen molar-refractivity contribution < 1.29 is 4.79 Å². The molecule has 0 atom stereocenters. The van der Waals surface area contributed by atoms with Crippen LogP contribution in [-0.4, -0.2) is 21.3 Å². The molecule has 2 aromatic rings. The van der Waals surface area contributed by atoms with Gasteiger partial charge in [0.25, 0.3) is 0 Å². The molecule has 0 N–H and O–H groups in total. The fourth-order valence-corrected chi connectivity index (χ4v) is 1.29. The van der Waals surface area contributed by atoms with Crippen LogP contribution in [0.15, 0.2) is 18.2 Å². The Bertz CT molecular complexity index is 447. The van der Waals surface area contributed by atoms with Crippen molar-refractivity contribution in [2.75, 3.05) is 0 Å². The smallest absolute Gasteiger partial charge is 0.150 e. The van der Waals surface area contributed by atoms with E-state index in [2.05, 4.69) is 10.3 Å². The number of hydrogen-bond acceptors (Lipinski definition) is 3. The third-order valence-electron chi connectivity index (χ3n) is 1.97. The highest BCUT2D eigenvalue weighted by Crippen LogP contribution is 2.11. The van der Waals surface area contributed by atoms with Crippen molar-refractivity contribution in [1.82, 2.24) is 15.0 Å². The Morgan fingerprint density at radius 3 is 3.08 bits per heavy atom. The summed E-state index contributed by atoms with van der Waals surface area (Å²) in [5.74, 6) is 0. The van der Waals surface area contributed by atoms with Gasteiger partial charge in [-0.1, -0.05) is 5.21 Å². The summed E-state index contributed by atoms with van der Waals surface area (Å²) in [6, 6.07) is 5.34. The molecule has 0 saturated carbocycles. The highest BCUT2D eigenvalue weighted by Gasteiger charge is 2.02. The van der Waals surface area contributed by atoms with Crippen LogP contribution in [0.5, 0.6) is 0 Å². The first kappa shape index (κ1) is 7.91. The number of aryl methyl sites for hydroxylation is 1. The van der Waals surface area contributed by atoms with Crippen molar-refractivity contribution in [3.63, 3.8) is 0 Å². The predicted octanol–water partition coefficient (Wildman–Crippen LogP) is 1.26. The van der Waals surface area contributed by atoms with Crippen molar-refractivity contribution in [2.24, 2.45) is 0 Å². The first-order valence-electron chi connectivity index (χ1n) is 4.13. The van der Waals surface area contributed by atoms with Crippen molar-refractivity contribution in [3.8, 4) is 0 Å². The summed E-state index contributed by atoms with van der Waals surface area (Å²) < 4.78 is 1.77. The lowest BCUT2D eigenvalue weighted by atomic mass is 10.2. The molecular formula is C9H9N3O. The van der Waals surface area contributed by atoms with Gasteiger partial charge in [-0.15, -0.1) is 5.10 Å². The predicted molar refractivity (Wildman–Crippen MR) is 48.6 cm³/mol. The SMILES string of the molecule is CCn1nnc2ccc(C=O)cc21. The van der Waals surface area contributed by atoms with E-state index in [9.17, 15) is 4.79 Å². The second-order valence-electron chi connectivity index (χ2n) is 2.77. The Balaban J connectivity index is 2.71. The van der Waals surface area contributed by atoms with Gasteiger partial charge in [-0.25, -0.2) is 4.68 Å². The Morgan fingerprint density at radius 1 is 1.54 bits per heavy atom. The number of nitrogens with zero attached hydrogens (tertiary/aromatic N) is 3. The standard InChI is InChI=1S/C9H9N3O/c1-2-12-9-5-7(6-13)3-4-8(9)10-11-12/h3-6H,2H2,1H3. The fourth-order valence-electron chi connectivity index (χ4n) is 1.29. The van der Waals surface area contributed by atoms with Gasteiger partial charge in [-0.2, -0.15) is 0 Å². The monoisotopic (exact) mass is 175 g/mol. The van der Waals surface area contributed by atoms with Crippen LogP contribution in [0.1, 0.15) is 17.3 Å². The second-order valence-corrected chi connectivity index (χ2v) is 2.77. The summed E-state index contributed by atoms with van der Waals surface area (Å²) in [6.07, 6.45) is 0.826. The number of rotatable bonds is 2. The van der Waals surface area contributed by atoms with Gasteiger partial charge in [0, 0.05) is 12.1 Å². The van der Waals surface area contributed by atoms with Crippen molar-refractivity contribution >= 4 is 17.3 Å². The van der Waals surface area contributed by atoms with Gasteiger partial charge in [0.1, 0.15) is 11.8 Å². The van der Waals surface area contributed by atoms with E-state index in [0.717, 1.165) is 23.9 Å². The second kappa shape index (κ2) is 2.97. The molecule has 0 spiro atoms. The maximum absolute atomic E-state index is 10.5.